The van der Waals surface area contributed by atoms with Crippen LogP contribution in [0.5, 0.6) is 0 Å². The number of aromatic nitrogens is 1. The predicted molar refractivity (Wildman–Crippen MR) is 93.0 cm³/mol. The Morgan fingerprint density at radius 3 is 2.04 bits per heavy atom. The Balaban J connectivity index is 2.09. The average molecular weight is 323 g/mol. The molecule has 4 heteroatoms. The van der Waals surface area contributed by atoms with Crippen LogP contribution in [0.3, 0.4) is 0 Å². The molecule has 0 amide bonds. The van der Waals surface area contributed by atoms with Crippen LogP contribution >= 0.6 is 0 Å². The standard InChI is InChI=1S/C19H17NO2S/c1-14-5-7-16(8-6-14)19-18(4-3-13-20-19)15-9-11-17(12-10-15)23(2,21)22/h3-13H,1-2H3. The Kier molecular flexibility index (Phi) is 4.01. The van der Waals surface area contributed by atoms with E-state index in [0.717, 1.165) is 22.4 Å². The fourth-order valence-corrected chi connectivity index (χ4v) is 3.09. The summed E-state index contributed by atoms with van der Waals surface area (Å²) in [6, 6.07) is 19.0. The number of pyridine rings is 1. The van der Waals surface area contributed by atoms with Gasteiger partial charge in [-0.15, -0.1) is 0 Å². The third-order valence-corrected chi connectivity index (χ3v) is 4.85. The van der Waals surface area contributed by atoms with Crippen molar-refractivity contribution < 1.29 is 8.42 Å². The summed E-state index contributed by atoms with van der Waals surface area (Å²) in [5, 5.41) is 0. The molecule has 0 aliphatic rings. The van der Waals surface area contributed by atoms with Crippen LogP contribution in [0.1, 0.15) is 5.56 Å². The topological polar surface area (TPSA) is 47.0 Å². The highest BCUT2D eigenvalue weighted by Crippen LogP contribution is 2.30. The zero-order valence-corrected chi connectivity index (χ0v) is 13.8. The lowest BCUT2D eigenvalue weighted by Crippen LogP contribution is -1.96. The summed E-state index contributed by atoms with van der Waals surface area (Å²) >= 11 is 0. The summed E-state index contributed by atoms with van der Waals surface area (Å²) in [6.07, 6.45) is 2.98. The van der Waals surface area contributed by atoms with E-state index in [2.05, 4.69) is 17.1 Å². The van der Waals surface area contributed by atoms with Crippen LogP contribution in [0.25, 0.3) is 22.4 Å². The monoisotopic (exact) mass is 323 g/mol. The van der Waals surface area contributed by atoms with Crippen molar-refractivity contribution in [1.82, 2.24) is 4.98 Å². The van der Waals surface area contributed by atoms with Crippen molar-refractivity contribution in [1.29, 1.82) is 0 Å². The largest absolute Gasteiger partial charge is 0.256 e. The number of aryl methyl sites for hydroxylation is 1. The highest BCUT2D eigenvalue weighted by Gasteiger charge is 2.11. The molecule has 0 atom stereocenters. The zero-order valence-electron chi connectivity index (χ0n) is 13.0. The summed E-state index contributed by atoms with van der Waals surface area (Å²) in [5.41, 5.74) is 5.05. The first-order valence-corrected chi connectivity index (χ1v) is 9.17. The fourth-order valence-electron chi connectivity index (χ4n) is 2.46. The van der Waals surface area contributed by atoms with Gasteiger partial charge in [0.25, 0.3) is 0 Å². The third-order valence-electron chi connectivity index (χ3n) is 3.73. The lowest BCUT2D eigenvalue weighted by Gasteiger charge is -2.10. The van der Waals surface area contributed by atoms with Crippen LogP contribution < -0.4 is 0 Å². The molecular weight excluding hydrogens is 306 g/mol. The van der Waals surface area contributed by atoms with Gasteiger partial charge in [0.1, 0.15) is 0 Å². The maximum atomic E-state index is 11.6. The Hall–Kier alpha value is -2.46. The van der Waals surface area contributed by atoms with Crippen molar-refractivity contribution in [2.24, 2.45) is 0 Å². The molecule has 0 fully saturated rings. The van der Waals surface area contributed by atoms with Gasteiger partial charge in [-0.25, -0.2) is 8.42 Å². The Labute approximate surface area is 136 Å². The molecule has 0 spiro atoms. The van der Waals surface area contributed by atoms with Gasteiger partial charge in [0.05, 0.1) is 10.6 Å². The molecule has 0 N–H and O–H groups in total. The maximum Gasteiger partial charge on any atom is 0.175 e. The van der Waals surface area contributed by atoms with Crippen LogP contribution in [0.4, 0.5) is 0 Å². The van der Waals surface area contributed by atoms with E-state index in [1.54, 1.807) is 18.3 Å². The first kappa shape index (κ1) is 15.4. The van der Waals surface area contributed by atoms with E-state index < -0.39 is 9.84 Å². The van der Waals surface area contributed by atoms with Gasteiger partial charge >= 0.3 is 0 Å². The SMILES string of the molecule is Cc1ccc(-c2ncccc2-c2ccc(S(C)(=O)=O)cc2)cc1. The van der Waals surface area contributed by atoms with Gasteiger partial charge < -0.3 is 0 Å². The molecule has 2 aromatic carbocycles. The molecule has 0 bridgehead atoms. The smallest absolute Gasteiger partial charge is 0.175 e. The molecule has 0 unspecified atom stereocenters. The predicted octanol–water partition coefficient (Wildman–Crippen LogP) is 4.13. The molecule has 0 saturated heterocycles. The van der Waals surface area contributed by atoms with E-state index in [4.69, 9.17) is 0 Å². The van der Waals surface area contributed by atoms with E-state index in [9.17, 15) is 8.42 Å². The van der Waals surface area contributed by atoms with Crippen LogP contribution in [0, 0.1) is 6.92 Å². The number of sulfone groups is 1. The van der Waals surface area contributed by atoms with E-state index in [1.165, 1.54) is 11.8 Å². The van der Waals surface area contributed by atoms with Gasteiger partial charge in [-0.05, 0) is 30.7 Å². The molecule has 116 valence electrons. The van der Waals surface area contributed by atoms with E-state index in [1.807, 2.05) is 43.3 Å². The van der Waals surface area contributed by atoms with Crippen molar-refractivity contribution in [2.75, 3.05) is 6.26 Å². The van der Waals surface area contributed by atoms with Crippen molar-refractivity contribution in [3.8, 4) is 22.4 Å². The van der Waals surface area contributed by atoms with Crippen LogP contribution in [0.2, 0.25) is 0 Å². The lowest BCUT2D eigenvalue weighted by atomic mass is 9.99. The minimum atomic E-state index is -3.18. The number of benzene rings is 2. The molecule has 1 aromatic heterocycles. The van der Waals surface area contributed by atoms with Gasteiger partial charge in [0.2, 0.25) is 0 Å². The zero-order chi connectivity index (χ0) is 16.4. The van der Waals surface area contributed by atoms with Crippen molar-refractivity contribution in [3.63, 3.8) is 0 Å². The summed E-state index contributed by atoms with van der Waals surface area (Å²) in [6.45, 7) is 2.05. The van der Waals surface area contributed by atoms with Crippen molar-refractivity contribution in [2.45, 2.75) is 11.8 Å². The van der Waals surface area contributed by atoms with Crippen molar-refractivity contribution >= 4 is 9.84 Å². The summed E-state index contributed by atoms with van der Waals surface area (Å²) in [4.78, 5) is 4.83. The Morgan fingerprint density at radius 2 is 1.43 bits per heavy atom. The van der Waals surface area contributed by atoms with Gasteiger partial charge in [0.15, 0.2) is 9.84 Å². The molecule has 3 nitrogen and oxygen atoms in total. The van der Waals surface area contributed by atoms with Gasteiger partial charge in [-0.2, -0.15) is 0 Å². The molecule has 0 saturated carbocycles. The average Bonchev–Trinajstić information content (AvgIpc) is 2.55. The van der Waals surface area contributed by atoms with Gasteiger partial charge in [-0.3, -0.25) is 4.98 Å². The highest BCUT2D eigenvalue weighted by molar-refractivity contribution is 7.90. The summed E-state index contributed by atoms with van der Waals surface area (Å²) in [5.74, 6) is 0. The second kappa shape index (κ2) is 5.97. The number of rotatable bonds is 3. The van der Waals surface area contributed by atoms with Crippen LogP contribution in [-0.4, -0.2) is 19.7 Å². The van der Waals surface area contributed by atoms with Gasteiger partial charge in [-0.1, -0.05) is 48.0 Å². The fraction of sp³-hybridized carbons (Fsp3) is 0.105. The van der Waals surface area contributed by atoms with E-state index >= 15 is 0 Å². The molecular formula is C19H17NO2S. The Morgan fingerprint density at radius 1 is 0.826 bits per heavy atom. The molecule has 0 aliphatic heterocycles. The summed E-state index contributed by atoms with van der Waals surface area (Å²) < 4.78 is 23.2. The quantitative estimate of drug-likeness (QED) is 0.728. The number of hydrogen-bond donors (Lipinski definition) is 0. The second-order valence-corrected chi connectivity index (χ2v) is 7.58. The lowest BCUT2D eigenvalue weighted by molar-refractivity contribution is 0.602. The molecule has 3 aromatic rings. The summed E-state index contributed by atoms with van der Waals surface area (Å²) in [7, 11) is -3.18. The minimum absolute atomic E-state index is 0.321. The molecule has 3 rings (SSSR count). The van der Waals surface area contributed by atoms with E-state index in [-0.39, 0.29) is 0 Å². The number of nitrogens with zero attached hydrogens (tertiary/aromatic N) is 1. The minimum Gasteiger partial charge on any atom is -0.256 e. The molecule has 0 aliphatic carbocycles. The molecule has 23 heavy (non-hydrogen) atoms. The van der Waals surface area contributed by atoms with Crippen LogP contribution in [0.15, 0.2) is 71.8 Å². The third kappa shape index (κ3) is 3.32. The van der Waals surface area contributed by atoms with E-state index in [0.29, 0.717) is 4.90 Å². The Bertz CT molecular complexity index is 928. The highest BCUT2D eigenvalue weighted by atomic mass is 32.2. The van der Waals surface area contributed by atoms with Crippen LogP contribution in [-0.2, 0) is 9.84 Å². The van der Waals surface area contributed by atoms with Gasteiger partial charge in [0, 0.05) is 23.6 Å². The number of hydrogen-bond acceptors (Lipinski definition) is 3. The van der Waals surface area contributed by atoms with Crippen molar-refractivity contribution in [3.05, 3.63) is 72.4 Å². The second-order valence-electron chi connectivity index (χ2n) is 5.56. The molecule has 1 heterocycles. The maximum absolute atomic E-state index is 11.6. The first-order chi connectivity index (χ1) is 10.9. The first-order valence-electron chi connectivity index (χ1n) is 7.28. The molecule has 0 radical (unpaired) electrons. The normalized spacial score (nSPS) is 11.4.